The van der Waals surface area contributed by atoms with Gasteiger partial charge < -0.3 is 15.2 Å². The fraction of sp³-hybridized carbons (Fsp3) is 0.259. The fourth-order valence-corrected chi connectivity index (χ4v) is 5.39. The third-order valence-corrected chi connectivity index (χ3v) is 7.37. The Labute approximate surface area is 197 Å². The molecule has 6 rings (SSSR count). The lowest BCUT2D eigenvalue weighted by atomic mass is 9.73. The summed E-state index contributed by atoms with van der Waals surface area (Å²) in [4.78, 5) is 39.4. The number of pyridine rings is 2. The van der Waals surface area contributed by atoms with Crippen molar-refractivity contribution in [3.8, 4) is 11.1 Å². The molecule has 0 unspecified atom stereocenters. The van der Waals surface area contributed by atoms with Gasteiger partial charge in [0.25, 0.3) is 5.91 Å². The first-order valence-electron chi connectivity index (χ1n) is 11.6. The van der Waals surface area contributed by atoms with Crippen molar-refractivity contribution in [3.05, 3.63) is 77.7 Å². The number of aromatic nitrogens is 3. The average Bonchev–Trinajstić information content (AvgIpc) is 3.40. The van der Waals surface area contributed by atoms with Crippen LogP contribution in [0.4, 0.5) is 5.82 Å². The number of benzene rings is 1. The molecule has 7 heteroatoms. The molecule has 4 heterocycles. The van der Waals surface area contributed by atoms with Gasteiger partial charge in [-0.15, -0.1) is 0 Å². The Hall–Kier alpha value is -3.84. The highest BCUT2D eigenvalue weighted by molar-refractivity contribution is 6.05. The summed E-state index contributed by atoms with van der Waals surface area (Å²) in [6.07, 6.45) is 7.77. The lowest BCUT2D eigenvalue weighted by Gasteiger charge is -2.38. The number of carbonyl (C=O) groups is 2. The zero-order valence-electron chi connectivity index (χ0n) is 19.0. The fourth-order valence-electron chi connectivity index (χ4n) is 5.39. The number of carbonyl (C=O) groups excluding carboxylic acids is 2. The molecule has 1 saturated heterocycles. The quantitative estimate of drug-likeness (QED) is 0.481. The first kappa shape index (κ1) is 20.7. The highest BCUT2D eigenvalue weighted by Gasteiger charge is 2.44. The second-order valence-corrected chi connectivity index (χ2v) is 9.43. The number of hydrogen-bond acceptors (Lipinski definition) is 5. The van der Waals surface area contributed by atoms with Crippen LogP contribution in [0.2, 0.25) is 0 Å². The number of likely N-dealkylation sites (tertiary alicyclic amines) is 1. The van der Waals surface area contributed by atoms with Gasteiger partial charge in [0.1, 0.15) is 11.5 Å². The SMILES string of the molecule is CN1CCC2(CC1)CC(=O)c1ccc(-c3c[nH]c4nc(NC(=O)c5ccncc5)ccc34)cc12. The molecule has 7 nitrogen and oxygen atoms in total. The Morgan fingerprint density at radius 3 is 2.65 bits per heavy atom. The predicted molar refractivity (Wildman–Crippen MR) is 131 cm³/mol. The lowest BCUT2D eigenvalue weighted by Crippen LogP contribution is -2.39. The molecular weight excluding hydrogens is 426 g/mol. The van der Waals surface area contributed by atoms with Crippen molar-refractivity contribution in [2.45, 2.75) is 24.7 Å². The molecule has 2 aliphatic rings. The second-order valence-electron chi connectivity index (χ2n) is 9.43. The number of ketones is 1. The van der Waals surface area contributed by atoms with E-state index >= 15 is 0 Å². The molecule has 34 heavy (non-hydrogen) atoms. The molecule has 0 atom stereocenters. The number of amides is 1. The van der Waals surface area contributed by atoms with Gasteiger partial charge >= 0.3 is 0 Å². The van der Waals surface area contributed by atoms with E-state index in [9.17, 15) is 9.59 Å². The van der Waals surface area contributed by atoms with Gasteiger partial charge in [0.2, 0.25) is 0 Å². The number of hydrogen-bond donors (Lipinski definition) is 2. The summed E-state index contributed by atoms with van der Waals surface area (Å²) in [5, 5.41) is 3.82. The number of H-pyrrole nitrogens is 1. The molecule has 1 aliphatic heterocycles. The van der Waals surface area contributed by atoms with Crippen LogP contribution in [0.25, 0.3) is 22.2 Å². The monoisotopic (exact) mass is 451 g/mol. The van der Waals surface area contributed by atoms with E-state index < -0.39 is 0 Å². The van der Waals surface area contributed by atoms with E-state index in [1.54, 1.807) is 24.5 Å². The number of Topliss-reactive ketones (excluding diaryl/α,β-unsaturated/α-hetero) is 1. The molecule has 0 saturated carbocycles. The average molecular weight is 452 g/mol. The molecule has 0 bridgehead atoms. The van der Waals surface area contributed by atoms with Crippen LogP contribution < -0.4 is 5.32 Å². The van der Waals surface area contributed by atoms with Gasteiger partial charge in [0.05, 0.1) is 0 Å². The first-order valence-corrected chi connectivity index (χ1v) is 11.6. The van der Waals surface area contributed by atoms with Crippen LogP contribution in [0.1, 0.15) is 45.5 Å². The maximum Gasteiger partial charge on any atom is 0.256 e. The van der Waals surface area contributed by atoms with Crippen LogP contribution in [0.3, 0.4) is 0 Å². The van der Waals surface area contributed by atoms with Crippen molar-refractivity contribution >= 4 is 28.5 Å². The van der Waals surface area contributed by atoms with E-state index in [1.165, 1.54) is 5.56 Å². The lowest BCUT2D eigenvalue weighted by molar-refractivity contribution is 0.0945. The van der Waals surface area contributed by atoms with Crippen LogP contribution >= 0.6 is 0 Å². The van der Waals surface area contributed by atoms with E-state index in [2.05, 4.69) is 38.3 Å². The summed E-state index contributed by atoms with van der Waals surface area (Å²) in [6.45, 7) is 2.03. The minimum absolute atomic E-state index is 0.0380. The molecule has 1 spiro atoms. The summed E-state index contributed by atoms with van der Waals surface area (Å²) in [5.74, 6) is 0.515. The van der Waals surface area contributed by atoms with Crippen molar-refractivity contribution in [2.75, 3.05) is 25.5 Å². The largest absolute Gasteiger partial charge is 0.345 e. The maximum atomic E-state index is 12.8. The molecule has 1 aliphatic carbocycles. The van der Waals surface area contributed by atoms with E-state index in [0.29, 0.717) is 23.4 Å². The molecule has 170 valence electrons. The Morgan fingerprint density at radius 2 is 1.85 bits per heavy atom. The zero-order valence-corrected chi connectivity index (χ0v) is 19.0. The summed E-state index contributed by atoms with van der Waals surface area (Å²) < 4.78 is 0. The summed E-state index contributed by atoms with van der Waals surface area (Å²) in [6, 6.07) is 13.4. The minimum atomic E-state index is -0.229. The van der Waals surface area contributed by atoms with E-state index in [4.69, 9.17) is 0 Å². The van der Waals surface area contributed by atoms with Crippen LogP contribution in [0.5, 0.6) is 0 Å². The number of fused-ring (bicyclic) bond motifs is 3. The van der Waals surface area contributed by atoms with Crippen molar-refractivity contribution < 1.29 is 9.59 Å². The number of rotatable bonds is 3. The van der Waals surface area contributed by atoms with Crippen LogP contribution in [-0.4, -0.2) is 51.7 Å². The van der Waals surface area contributed by atoms with Gasteiger partial charge in [-0.3, -0.25) is 14.6 Å². The highest BCUT2D eigenvalue weighted by atomic mass is 16.1. The molecule has 1 aromatic carbocycles. The maximum absolute atomic E-state index is 12.8. The molecular formula is C27H25N5O2. The molecule has 4 aromatic rings. The van der Waals surface area contributed by atoms with Crippen LogP contribution in [-0.2, 0) is 5.41 Å². The topological polar surface area (TPSA) is 91.0 Å². The van der Waals surface area contributed by atoms with Gasteiger partial charge in [0.15, 0.2) is 5.78 Å². The number of piperidine rings is 1. The van der Waals surface area contributed by atoms with Crippen molar-refractivity contribution in [1.29, 1.82) is 0 Å². The Bertz CT molecular complexity index is 1420. The summed E-state index contributed by atoms with van der Waals surface area (Å²) in [5.41, 5.74) is 5.39. The van der Waals surface area contributed by atoms with E-state index in [0.717, 1.165) is 48.0 Å². The zero-order chi connectivity index (χ0) is 23.3. The first-order chi connectivity index (χ1) is 16.5. The van der Waals surface area contributed by atoms with Gasteiger partial charge in [-0.05, 0) is 74.4 Å². The van der Waals surface area contributed by atoms with Gasteiger partial charge in [-0.25, -0.2) is 4.98 Å². The van der Waals surface area contributed by atoms with Gasteiger partial charge in [-0.2, -0.15) is 0 Å². The Balaban J connectivity index is 1.32. The van der Waals surface area contributed by atoms with Crippen LogP contribution in [0, 0.1) is 0 Å². The number of nitrogens with one attached hydrogen (secondary N) is 2. The highest BCUT2D eigenvalue weighted by Crippen LogP contribution is 2.47. The molecule has 1 fully saturated rings. The van der Waals surface area contributed by atoms with Gasteiger partial charge in [-0.1, -0.05) is 12.1 Å². The van der Waals surface area contributed by atoms with Crippen LogP contribution in [0.15, 0.2) is 61.1 Å². The number of nitrogens with zero attached hydrogens (tertiary/aromatic N) is 3. The van der Waals surface area contributed by atoms with Crippen molar-refractivity contribution in [1.82, 2.24) is 19.9 Å². The second kappa shape index (κ2) is 7.88. The van der Waals surface area contributed by atoms with Gasteiger partial charge in [0, 0.05) is 52.5 Å². The molecule has 2 N–H and O–H groups in total. The molecule has 3 aromatic heterocycles. The van der Waals surface area contributed by atoms with E-state index in [-0.39, 0.29) is 17.1 Å². The third kappa shape index (κ3) is 3.40. The summed E-state index contributed by atoms with van der Waals surface area (Å²) in [7, 11) is 2.15. The predicted octanol–water partition coefficient (Wildman–Crippen LogP) is 4.43. The number of aromatic amines is 1. The normalized spacial score (nSPS) is 17.3. The third-order valence-electron chi connectivity index (χ3n) is 7.37. The molecule has 1 amide bonds. The smallest absolute Gasteiger partial charge is 0.256 e. The minimum Gasteiger partial charge on any atom is -0.345 e. The Morgan fingerprint density at radius 1 is 1.06 bits per heavy atom. The number of anilines is 1. The standard InChI is InChI=1S/C27H25N5O2/c1-32-12-8-27(9-13-32)15-23(33)20-3-2-18(14-22(20)27)21-16-29-25-19(21)4-5-24(30-25)31-26(34)17-6-10-28-11-7-17/h2-7,10-11,14,16H,8-9,12-13,15H2,1H3,(H2,29,30,31,34). The van der Waals surface area contributed by atoms with E-state index in [1.807, 2.05) is 30.5 Å². The molecule has 0 radical (unpaired) electrons. The Kier molecular flexibility index (Phi) is 4.81. The van der Waals surface area contributed by atoms with Crippen molar-refractivity contribution in [2.24, 2.45) is 0 Å². The summed E-state index contributed by atoms with van der Waals surface area (Å²) >= 11 is 0. The van der Waals surface area contributed by atoms with Crippen molar-refractivity contribution in [3.63, 3.8) is 0 Å².